The average Bonchev–Trinajstić information content (AvgIpc) is 2.32. The number of ether oxygens (including phenoxy) is 1. The highest BCUT2D eigenvalue weighted by molar-refractivity contribution is 6.33. The van der Waals surface area contributed by atoms with E-state index < -0.39 is 5.91 Å². The van der Waals surface area contributed by atoms with Crippen molar-refractivity contribution in [3.63, 3.8) is 0 Å². The molecular weight excluding hydrogens is 252 g/mol. The van der Waals surface area contributed by atoms with E-state index in [1.54, 1.807) is 18.2 Å². The van der Waals surface area contributed by atoms with Crippen LogP contribution in [0.5, 0.6) is 5.75 Å². The Hall–Kier alpha value is -1.26. The molecule has 1 aromatic rings. The lowest BCUT2D eigenvalue weighted by molar-refractivity contribution is 0.1000. The van der Waals surface area contributed by atoms with Crippen molar-refractivity contribution >= 4 is 17.5 Å². The van der Waals surface area contributed by atoms with Crippen molar-refractivity contribution < 1.29 is 9.53 Å². The molecule has 18 heavy (non-hydrogen) atoms. The SMILES string of the molecule is NC(=O)c1ccc(OC2CCCCC2N)cc1Cl. The molecule has 4 N–H and O–H groups in total. The average molecular weight is 269 g/mol. The van der Waals surface area contributed by atoms with Crippen LogP contribution in [0.15, 0.2) is 18.2 Å². The van der Waals surface area contributed by atoms with Crippen LogP contribution in [0.2, 0.25) is 5.02 Å². The third-order valence-electron chi connectivity index (χ3n) is 3.25. The van der Waals surface area contributed by atoms with Crippen LogP contribution >= 0.6 is 11.6 Å². The van der Waals surface area contributed by atoms with Crippen LogP contribution in [-0.4, -0.2) is 18.1 Å². The Morgan fingerprint density at radius 2 is 2.06 bits per heavy atom. The molecule has 0 saturated heterocycles. The van der Waals surface area contributed by atoms with E-state index in [0.717, 1.165) is 25.7 Å². The number of halogens is 1. The fraction of sp³-hybridized carbons (Fsp3) is 0.462. The Labute approximate surface area is 111 Å². The first-order chi connectivity index (χ1) is 8.58. The van der Waals surface area contributed by atoms with Crippen molar-refractivity contribution in [1.82, 2.24) is 0 Å². The molecule has 1 aliphatic carbocycles. The Kier molecular flexibility index (Phi) is 4.09. The topological polar surface area (TPSA) is 78.3 Å². The van der Waals surface area contributed by atoms with Gasteiger partial charge in [-0.1, -0.05) is 18.0 Å². The van der Waals surface area contributed by atoms with Gasteiger partial charge in [0.25, 0.3) is 0 Å². The summed E-state index contributed by atoms with van der Waals surface area (Å²) in [6.45, 7) is 0. The monoisotopic (exact) mass is 268 g/mol. The maximum absolute atomic E-state index is 11.1. The molecule has 1 aliphatic rings. The lowest BCUT2D eigenvalue weighted by Gasteiger charge is -2.29. The molecule has 5 heteroatoms. The van der Waals surface area contributed by atoms with E-state index >= 15 is 0 Å². The molecule has 2 atom stereocenters. The van der Waals surface area contributed by atoms with Crippen LogP contribution in [0.4, 0.5) is 0 Å². The van der Waals surface area contributed by atoms with Crippen LogP contribution in [0.3, 0.4) is 0 Å². The second kappa shape index (κ2) is 5.59. The first-order valence-electron chi connectivity index (χ1n) is 6.09. The van der Waals surface area contributed by atoms with Gasteiger partial charge in [0, 0.05) is 6.04 Å². The molecule has 1 fully saturated rings. The lowest BCUT2D eigenvalue weighted by atomic mass is 9.93. The summed E-state index contributed by atoms with van der Waals surface area (Å²) in [6, 6.07) is 4.96. The highest BCUT2D eigenvalue weighted by Crippen LogP contribution is 2.26. The summed E-state index contributed by atoms with van der Waals surface area (Å²) in [7, 11) is 0. The Bertz CT molecular complexity index is 451. The molecule has 0 heterocycles. The molecule has 98 valence electrons. The molecule has 4 nitrogen and oxygen atoms in total. The Morgan fingerprint density at radius 3 is 2.67 bits per heavy atom. The molecule has 1 saturated carbocycles. The van der Waals surface area contributed by atoms with Crippen molar-refractivity contribution in [1.29, 1.82) is 0 Å². The Morgan fingerprint density at radius 1 is 1.33 bits per heavy atom. The number of amides is 1. The van der Waals surface area contributed by atoms with Gasteiger partial charge in [-0.05, 0) is 37.5 Å². The molecule has 1 amide bonds. The van der Waals surface area contributed by atoms with Crippen molar-refractivity contribution in [3.05, 3.63) is 28.8 Å². The van der Waals surface area contributed by atoms with E-state index in [9.17, 15) is 4.79 Å². The van der Waals surface area contributed by atoms with Gasteiger partial charge < -0.3 is 16.2 Å². The fourth-order valence-electron chi connectivity index (χ4n) is 2.22. The van der Waals surface area contributed by atoms with E-state index in [2.05, 4.69) is 0 Å². The summed E-state index contributed by atoms with van der Waals surface area (Å²) in [5.74, 6) is 0.0910. The summed E-state index contributed by atoms with van der Waals surface area (Å²) in [6.07, 6.45) is 4.25. The van der Waals surface area contributed by atoms with Crippen LogP contribution in [0.25, 0.3) is 0 Å². The van der Waals surface area contributed by atoms with Gasteiger partial charge in [0.15, 0.2) is 0 Å². The van der Waals surface area contributed by atoms with Crippen LogP contribution in [0.1, 0.15) is 36.0 Å². The number of rotatable bonds is 3. The van der Waals surface area contributed by atoms with E-state index in [1.807, 2.05) is 0 Å². The zero-order valence-electron chi connectivity index (χ0n) is 10.1. The van der Waals surface area contributed by atoms with Crippen molar-refractivity contribution in [3.8, 4) is 5.75 Å². The summed E-state index contributed by atoms with van der Waals surface area (Å²) in [5, 5.41) is 0.310. The van der Waals surface area contributed by atoms with E-state index in [0.29, 0.717) is 16.3 Å². The maximum atomic E-state index is 11.1. The minimum Gasteiger partial charge on any atom is -0.489 e. The molecule has 2 rings (SSSR count). The van der Waals surface area contributed by atoms with Crippen LogP contribution in [-0.2, 0) is 0 Å². The van der Waals surface area contributed by atoms with Gasteiger partial charge >= 0.3 is 0 Å². The van der Waals surface area contributed by atoms with Gasteiger partial charge in [-0.2, -0.15) is 0 Å². The first-order valence-corrected chi connectivity index (χ1v) is 6.47. The zero-order chi connectivity index (χ0) is 13.1. The molecule has 0 aliphatic heterocycles. The number of primary amides is 1. The van der Waals surface area contributed by atoms with E-state index in [-0.39, 0.29) is 12.1 Å². The third kappa shape index (κ3) is 2.94. The predicted molar refractivity (Wildman–Crippen MR) is 70.8 cm³/mol. The number of carbonyl (C=O) groups is 1. The molecule has 2 unspecified atom stereocenters. The first kappa shape index (κ1) is 13.2. The number of benzene rings is 1. The highest BCUT2D eigenvalue weighted by Gasteiger charge is 2.23. The van der Waals surface area contributed by atoms with Gasteiger partial charge in [0.2, 0.25) is 5.91 Å². The minimum atomic E-state index is -0.541. The third-order valence-corrected chi connectivity index (χ3v) is 3.56. The molecule has 0 aromatic heterocycles. The summed E-state index contributed by atoms with van der Waals surface area (Å²) in [4.78, 5) is 11.1. The predicted octanol–water partition coefficient (Wildman–Crippen LogP) is 2.09. The van der Waals surface area contributed by atoms with Crippen LogP contribution < -0.4 is 16.2 Å². The number of carbonyl (C=O) groups excluding carboxylic acids is 1. The molecule has 0 bridgehead atoms. The standard InChI is InChI=1S/C13H17ClN2O2/c14-10-7-8(5-6-9(10)13(16)17)18-12-4-2-1-3-11(12)15/h5-7,11-12H,1-4,15H2,(H2,16,17). The Balaban J connectivity index is 2.10. The fourth-order valence-corrected chi connectivity index (χ4v) is 2.48. The molecule has 0 spiro atoms. The number of hydrogen-bond donors (Lipinski definition) is 2. The minimum absolute atomic E-state index is 0.0224. The normalized spacial score (nSPS) is 23.7. The number of hydrogen-bond acceptors (Lipinski definition) is 3. The van der Waals surface area contributed by atoms with E-state index in [1.165, 1.54) is 0 Å². The van der Waals surface area contributed by atoms with Crippen molar-refractivity contribution in [2.45, 2.75) is 37.8 Å². The summed E-state index contributed by atoms with van der Waals surface area (Å²) >= 11 is 5.97. The molecular formula is C13H17ClN2O2. The van der Waals surface area contributed by atoms with Crippen LogP contribution in [0, 0.1) is 0 Å². The summed E-state index contributed by atoms with van der Waals surface area (Å²) < 4.78 is 5.82. The largest absolute Gasteiger partial charge is 0.489 e. The lowest BCUT2D eigenvalue weighted by Crippen LogP contribution is -2.41. The highest BCUT2D eigenvalue weighted by atomic mass is 35.5. The van der Waals surface area contributed by atoms with Crippen molar-refractivity contribution in [2.75, 3.05) is 0 Å². The quantitative estimate of drug-likeness (QED) is 0.881. The number of nitrogens with two attached hydrogens (primary N) is 2. The van der Waals surface area contributed by atoms with E-state index in [4.69, 9.17) is 27.8 Å². The molecule has 1 aromatic carbocycles. The van der Waals surface area contributed by atoms with Gasteiger partial charge in [0.05, 0.1) is 10.6 Å². The maximum Gasteiger partial charge on any atom is 0.250 e. The second-order valence-electron chi connectivity index (χ2n) is 4.61. The second-order valence-corrected chi connectivity index (χ2v) is 5.02. The van der Waals surface area contributed by atoms with Crippen molar-refractivity contribution in [2.24, 2.45) is 11.5 Å². The van der Waals surface area contributed by atoms with Gasteiger partial charge in [0.1, 0.15) is 11.9 Å². The van der Waals surface area contributed by atoms with Gasteiger partial charge in [-0.3, -0.25) is 4.79 Å². The summed E-state index contributed by atoms with van der Waals surface area (Å²) in [5.41, 5.74) is 11.5. The zero-order valence-corrected chi connectivity index (χ0v) is 10.8. The van der Waals surface area contributed by atoms with Gasteiger partial charge in [-0.25, -0.2) is 0 Å². The van der Waals surface area contributed by atoms with Gasteiger partial charge in [-0.15, -0.1) is 0 Å². The smallest absolute Gasteiger partial charge is 0.250 e. The molecule has 0 radical (unpaired) electrons.